The number of furan rings is 1. The molecule has 21 heavy (non-hydrogen) atoms. The third-order valence-corrected chi connectivity index (χ3v) is 3.78. The molecule has 1 atom stereocenters. The average molecular weight is 287 g/mol. The van der Waals surface area contributed by atoms with Gasteiger partial charge in [0.25, 0.3) is 11.5 Å². The van der Waals surface area contributed by atoms with Crippen LogP contribution in [0.1, 0.15) is 48.0 Å². The van der Waals surface area contributed by atoms with Crippen LogP contribution >= 0.6 is 0 Å². The van der Waals surface area contributed by atoms with Crippen molar-refractivity contribution in [3.05, 3.63) is 52.6 Å². The zero-order chi connectivity index (χ0) is 14.7. The SMILES string of the molecule is O=C(c1c[nH]c(=O)cn1)N1CCCCCC1c1ccco1. The quantitative estimate of drug-likeness (QED) is 0.917. The molecule has 1 aliphatic heterocycles. The molecule has 1 unspecified atom stereocenters. The first-order chi connectivity index (χ1) is 10.3. The first kappa shape index (κ1) is 13.6. The van der Waals surface area contributed by atoms with E-state index in [1.54, 1.807) is 11.2 Å². The first-order valence-electron chi connectivity index (χ1n) is 7.15. The van der Waals surface area contributed by atoms with Gasteiger partial charge in [-0.15, -0.1) is 0 Å². The summed E-state index contributed by atoms with van der Waals surface area (Å²) in [5.74, 6) is 0.629. The molecule has 0 aromatic carbocycles. The van der Waals surface area contributed by atoms with Crippen molar-refractivity contribution in [1.29, 1.82) is 0 Å². The van der Waals surface area contributed by atoms with Gasteiger partial charge in [-0.3, -0.25) is 9.59 Å². The van der Waals surface area contributed by atoms with Gasteiger partial charge < -0.3 is 14.3 Å². The van der Waals surface area contributed by atoms with Crippen LogP contribution in [0.25, 0.3) is 0 Å². The molecule has 6 nitrogen and oxygen atoms in total. The first-order valence-corrected chi connectivity index (χ1v) is 7.15. The summed E-state index contributed by atoms with van der Waals surface area (Å²) in [6.45, 7) is 0.672. The van der Waals surface area contributed by atoms with Gasteiger partial charge >= 0.3 is 0 Å². The molecule has 1 N–H and O–H groups in total. The lowest BCUT2D eigenvalue weighted by atomic mass is 10.1. The maximum Gasteiger partial charge on any atom is 0.274 e. The van der Waals surface area contributed by atoms with Gasteiger partial charge in [-0.25, -0.2) is 4.98 Å². The monoisotopic (exact) mass is 287 g/mol. The molecule has 1 fully saturated rings. The number of aromatic nitrogens is 2. The fourth-order valence-corrected chi connectivity index (χ4v) is 2.73. The van der Waals surface area contributed by atoms with Gasteiger partial charge in [-0.1, -0.05) is 12.8 Å². The lowest BCUT2D eigenvalue weighted by Crippen LogP contribution is -2.35. The van der Waals surface area contributed by atoms with Crippen LogP contribution in [-0.4, -0.2) is 27.3 Å². The topological polar surface area (TPSA) is 79.2 Å². The van der Waals surface area contributed by atoms with Crippen molar-refractivity contribution in [2.75, 3.05) is 6.54 Å². The highest BCUT2D eigenvalue weighted by atomic mass is 16.3. The predicted octanol–water partition coefficient (Wildman–Crippen LogP) is 2.12. The lowest BCUT2D eigenvalue weighted by Gasteiger charge is -2.28. The van der Waals surface area contributed by atoms with E-state index in [1.165, 1.54) is 6.20 Å². The fourth-order valence-electron chi connectivity index (χ4n) is 2.73. The van der Waals surface area contributed by atoms with Crippen molar-refractivity contribution in [3.8, 4) is 0 Å². The normalized spacial score (nSPS) is 19.2. The Labute approximate surface area is 121 Å². The number of nitrogens with zero attached hydrogens (tertiary/aromatic N) is 2. The molecule has 3 rings (SSSR count). The van der Waals surface area contributed by atoms with Crippen LogP contribution in [0.3, 0.4) is 0 Å². The third kappa shape index (κ3) is 2.89. The molecule has 6 heteroatoms. The second-order valence-corrected chi connectivity index (χ2v) is 5.18. The second kappa shape index (κ2) is 5.95. The smallest absolute Gasteiger partial charge is 0.274 e. The number of hydrogen-bond donors (Lipinski definition) is 1. The third-order valence-electron chi connectivity index (χ3n) is 3.78. The van der Waals surface area contributed by atoms with Crippen molar-refractivity contribution in [1.82, 2.24) is 14.9 Å². The number of hydrogen-bond acceptors (Lipinski definition) is 4. The molecule has 110 valence electrons. The van der Waals surface area contributed by atoms with Gasteiger partial charge in [-0.05, 0) is 25.0 Å². The van der Waals surface area contributed by atoms with Crippen LogP contribution in [0.2, 0.25) is 0 Å². The van der Waals surface area contributed by atoms with Gasteiger partial charge in [0.15, 0.2) is 0 Å². The molecule has 1 saturated heterocycles. The highest BCUT2D eigenvalue weighted by molar-refractivity contribution is 5.92. The van der Waals surface area contributed by atoms with Crippen LogP contribution in [0.15, 0.2) is 40.0 Å². The number of carbonyl (C=O) groups is 1. The van der Waals surface area contributed by atoms with Crippen molar-refractivity contribution >= 4 is 5.91 Å². The molecule has 0 radical (unpaired) electrons. The average Bonchev–Trinajstić information content (AvgIpc) is 2.92. The number of aromatic amines is 1. The Bertz CT molecular complexity index is 643. The number of rotatable bonds is 2. The Morgan fingerprint density at radius 1 is 1.38 bits per heavy atom. The Balaban J connectivity index is 1.90. The standard InChI is InChI=1S/C15H17N3O3/c19-14-10-16-11(9-17-14)15(20)18-7-3-1-2-5-12(18)13-6-4-8-21-13/h4,6,8-10,12H,1-3,5,7H2,(H,17,19). The number of amides is 1. The summed E-state index contributed by atoms with van der Waals surface area (Å²) >= 11 is 0. The number of likely N-dealkylation sites (tertiary alicyclic amines) is 1. The van der Waals surface area contributed by atoms with Crippen molar-refractivity contribution in [2.45, 2.75) is 31.7 Å². The van der Waals surface area contributed by atoms with E-state index in [1.807, 2.05) is 12.1 Å². The van der Waals surface area contributed by atoms with Gasteiger partial charge in [0.05, 0.1) is 18.5 Å². The van der Waals surface area contributed by atoms with Crippen molar-refractivity contribution < 1.29 is 9.21 Å². The molecular weight excluding hydrogens is 270 g/mol. The number of nitrogens with one attached hydrogen (secondary N) is 1. The largest absolute Gasteiger partial charge is 0.467 e. The zero-order valence-corrected chi connectivity index (χ0v) is 11.6. The van der Waals surface area contributed by atoms with Crippen molar-refractivity contribution in [3.63, 3.8) is 0 Å². The fraction of sp³-hybridized carbons (Fsp3) is 0.400. The molecular formula is C15H17N3O3. The van der Waals surface area contributed by atoms with Crippen LogP contribution in [0, 0.1) is 0 Å². The summed E-state index contributed by atoms with van der Waals surface area (Å²) in [5.41, 5.74) is -0.0574. The maximum absolute atomic E-state index is 12.7. The molecule has 0 spiro atoms. The van der Waals surface area contributed by atoms with Crippen LogP contribution in [-0.2, 0) is 0 Å². The highest BCUT2D eigenvalue weighted by Crippen LogP contribution is 2.31. The van der Waals surface area contributed by atoms with Crippen molar-refractivity contribution in [2.24, 2.45) is 0 Å². The zero-order valence-electron chi connectivity index (χ0n) is 11.6. The van der Waals surface area contributed by atoms with Crippen LogP contribution in [0.5, 0.6) is 0 Å². The summed E-state index contributed by atoms with van der Waals surface area (Å²) in [5, 5.41) is 0. The Morgan fingerprint density at radius 2 is 2.29 bits per heavy atom. The van der Waals surface area contributed by atoms with E-state index in [4.69, 9.17) is 4.42 Å². The molecule has 0 saturated carbocycles. The molecule has 3 heterocycles. The Hall–Kier alpha value is -2.37. The highest BCUT2D eigenvalue weighted by Gasteiger charge is 2.29. The van der Waals surface area contributed by atoms with E-state index in [0.717, 1.165) is 37.6 Å². The minimum Gasteiger partial charge on any atom is -0.467 e. The van der Waals surface area contributed by atoms with E-state index in [9.17, 15) is 9.59 Å². The van der Waals surface area contributed by atoms with Crippen LogP contribution in [0.4, 0.5) is 0 Å². The molecule has 0 aliphatic carbocycles. The van der Waals surface area contributed by atoms with E-state index in [0.29, 0.717) is 6.54 Å². The number of H-pyrrole nitrogens is 1. The molecule has 1 aliphatic rings. The van der Waals surface area contributed by atoms with Gasteiger partial charge in [0, 0.05) is 12.7 Å². The molecule has 1 amide bonds. The minimum absolute atomic E-state index is 0.0660. The van der Waals surface area contributed by atoms with Crippen LogP contribution < -0.4 is 5.56 Å². The number of carbonyl (C=O) groups excluding carboxylic acids is 1. The van der Waals surface area contributed by atoms with Gasteiger partial charge in [-0.2, -0.15) is 0 Å². The van der Waals surface area contributed by atoms with E-state index >= 15 is 0 Å². The minimum atomic E-state index is -0.315. The second-order valence-electron chi connectivity index (χ2n) is 5.18. The summed E-state index contributed by atoms with van der Waals surface area (Å²) in [7, 11) is 0. The predicted molar refractivity (Wildman–Crippen MR) is 75.8 cm³/mol. The molecule has 2 aromatic rings. The summed E-state index contributed by atoms with van der Waals surface area (Å²) in [6, 6.07) is 3.67. The van der Waals surface area contributed by atoms with E-state index < -0.39 is 0 Å². The summed E-state index contributed by atoms with van der Waals surface area (Å²) < 4.78 is 5.49. The molecule has 2 aromatic heterocycles. The Morgan fingerprint density at radius 3 is 3.00 bits per heavy atom. The Kier molecular flexibility index (Phi) is 3.85. The summed E-state index contributed by atoms with van der Waals surface area (Å²) in [6.07, 6.45) is 8.13. The van der Waals surface area contributed by atoms with E-state index in [-0.39, 0.29) is 23.2 Å². The lowest BCUT2D eigenvalue weighted by molar-refractivity contribution is 0.0652. The summed E-state index contributed by atoms with van der Waals surface area (Å²) in [4.78, 5) is 32.0. The van der Waals surface area contributed by atoms with E-state index in [2.05, 4.69) is 9.97 Å². The maximum atomic E-state index is 12.7. The molecule has 0 bridgehead atoms. The van der Waals surface area contributed by atoms with Gasteiger partial charge in [0.2, 0.25) is 0 Å². The van der Waals surface area contributed by atoms with Gasteiger partial charge in [0.1, 0.15) is 11.5 Å².